The van der Waals surface area contributed by atoms with Crippen molar-refractivity contribution < 1.29 is 54.4 Å². The molecule has 158 valence electrons. The number of amides is 1. The number of ether oxygens (including phenoxy) is 4. The van der Waals surface area contributed by atoms with Gasteiger partial charge in [0.05, 0.1) is 13.2 Å². The first kappa shape index (κ1) is 22.4. The number of aliphatic hydroxyl groups is 6. The van der Waals surface area contributed by atoms with Gasteiger partial charge < -0.3 is 54.9 Å². The Bertz CT molecular complexity index is 492. The van der Waals surface area contributed by atoms with Gasteiger partial charge in [-0.05, 0) is 0 Å². The molecule has 2 aliphatic rings. The van der Waals surface area contributed by atoms with Gasteiger partial charge in [0.25, 0.3) is 0 Å². The summed E-state index contributed by atoms with van der Waals surface area (Å²) in [6, 6.07) is -1.25. The fourth-order valence-electron chi connectivity index (χ4n) is 3.16. The highest BCUT2D eigenvalue weighted by molar-refractivity contribution is 5.73. The summed E-state index contributed by atoms with van der Waals surface area (Å²) in [7, 11) is 1.25. The molecule has 0 bridgehead atoms. The van der Waals surface area contributed by atoms with Crippen LogP contribution < -0.4 is 5.32 Å². The van der Waals surface area contributed by atoms with Gasteiger partial charge in [0, 0.05) is 14.0 Å². The number of hydrogen-bond donors (Lipinski definition) is 7. The first-order valence-corrected chi connectivity index (χ1v) is 8.45. The number of hydrogen-bond acceptors (Lipinski definition) is 11. The molecule has 12 heteroatoms. The summed E-state index contributed by atoms with van der Waals surface area (Å²) in [5.74, 6) is -0.551. The Balaban J connectivity index is 2.22. The van der Waals surface area contributed by atoms with E-state index in [0.717, 1.165) is 0 Å². The van der Waals surface area contributed by atoms with Crippen LogP contribution in [0.4, 0.5) is 0 Å². The normalized spacial score (nSPS) is 45.5. The van der Waals surface area contributed by atoms with E-state index in [1.807, 2.05) is 0 Å². The molecular formula is C15H27NO11. The highest BCUT2D eigenvalue weighted by Crippen LogP contribution is 2.29. The molecule has 7 N–H and O–H groups in total. The number of aliphatic hydroxyl groups excluding tert-OH is 6. The molecule has 2 saturated heterocycles. The van der Waals surface area contributed by atoms with Crippen molar-refractivity contribution in [1.29, 1.82) is 0 Å². The molecule has 0 aromatic carbocycles. The van der Waals surface area contributed by atoms with E-state index in [0.29, 0.717) is 0 Å². The zero-order valence-corrected chi connectivity index (χ0v) is 14.9. The fourth-order valence-corrected chi connectivity index (χ4v) is 3.16. The third-order valence-corrected chi connectivity index (χ3v) is 4.59. The SMILES string of the molecule is CO[C@H]1O[C@H](CO)[C@@H](O[C@@H]2O[C@H](CO)[C@@H](O)[C@H](O)[C@H]2NC(C)=O)[C@H](O)[C@H]1O. The van der Waals surface area contributed by atoms with E-state index in [2.05, 4.69) is 5.32 Å². The van der Waals surface area contributed by atoms with E-state index in [9.17, 15) is 35.4 Å². The maximum absolute atomic E-state index is 11.4. The largest absolute Gasteiger partial charge is 0.394 e. The van der Waals surface area contributed by atoms with Gasteiger partial charge in [-0.15, -0.1) is 0 Å². The molecule has 0 radical (unpaired) electrons. The molecular weight excluding hydrogens is 370 g/mol. The van der Waals surface area contributed by atoms with Gasteiger partial charge in [0.15, 0.2) is 12.6 Å². The second kappa shape index (κ2) is 9.52. The molecule has 2 fully saturated rings. The Labute approximate surface area is 155 Å². The molecule has 2 heterocycles. The molecule has 10 atom stereocenters. The number of carbonyl (C=O) groups is 1. The standard InChI is InChI=1S/C15H27NO11/c1-5(19)16-8-10(21)9(20)6(3-17)25-14(8)27-13-7(4-18)26-15(24-2)12(23)11(13)22/h6-15,17-18,20-23H,3-4H2,1-2H3,(H,16,19)/t6-,7-,8-,9-,10-,11-,12-,13-,14+,15+/m1/s1. The molecule has 27 heavy (non-hydrogen) atoms. The van der Waals surface area contributed by atoms with Crippen molar-refractivity contribution in [2.24, 2.45) is 0 Å². The van der Waals surface area contributed by atoms with Crippen LogP contribution in [-0.4, -0.2) is 118 Å². The van der Waals surface area contributed by atoms with Crippen molar-refractivity contribution in [3.05, 3.63) is 0 Å². The smallest absolute Gasteiger partial charge is 0.217 e. The summed E-state index contributed by atoms with van der Waals surface area (Å²) >= 11 is 0. The zero-order valence-electron chi connectivity index (χ0n) is 14.9. The Kier molecular flexibility index (Phi) is 7.88. The number of rotatable bonds is 6. The maximum atomic E-state index is 11.4. The summed E-state index contributed by atoms with van der Waals surface area (Å²) in [4.78, 5) is 11.4. The molecule has 0 unspecified atom stereocenters. The summed E-state index contributed by atoms with van der Waals surface area (Å²) in [6.45, 7) is -0.0663. The van der Waals surface area contributed by atoms with Gasteiger partial charge in [-0.25, -0.2) is 0 Å². The van der Waals surface area contributed by atoms with Crippen LogP contribution in [0, 0.1) is 0 Å². The average molecular weight is 397 g/mol. The van der Waals surface area contributed by atoms with Crippen molar-refractivity contribution in [3.8, 4) is 0 Å². The van der Waals surface area contributed by atoms with E-state index < -0.39 is 80.5 Å². The van der Waals surface area contributed by atoms with Gasteiger partial charge in [-0.1, -0.05) is 0 Å². The molecule has 12 nitrogen and oxygen atoms in total. The van der Waals surface area contributed by atoms with Crippen LogP contribution in [0.2, 0.25) is 0 Å². The van der Waals surface area contributed by atoms with Crippen LogP contribution in [0.15, 0.2) is 0 Å². The molecule has 2 rings (SSSR count). The van der Waals surface area contributed by atoms with Crippen LogP contribution in [-0.2, 0) is 23.7 Å². The van der Waals surface area contributed by atoms with Crippen LogP contribution >= 0.6 is 0 Å². The highest BCUT2D eigenvalue weighted by Gasteiger charge is 2.51. The van der Waals surface area contributed by atoms with Crippen LogP contribution in [0.5, 0.6) is 0 Å². The van der Waals surface area contributed by atoms with Crippen LogP contribution in [0.3, 0.4) is 0 Å². The van der Waals surface area contributed by atoms with Gasteiger partial charge in [-0.2, -0.15) is 0 Å². The second-order valence-corrected chi connectivity index (χ2v) is 6.48. The summed E-state index contributed by atoms with van der Waals surface area (Å²) in [5, 5.41) is 61.8. The van der Waals surface area contributed by atoms with Gasteiger partial charge in [0.1, 0.15) is 48.8 Å². The molecule has 0 aliphatic carbocycles. The molecule has 0 aromatic heterocycles. The quantitative estimate of drug-likeness (QED) is 0.228. The molecule has 1 amide bonds. The molecule has 2 aliphatic heterocycles. The maximum Gasteiger partial charge on any atom is 0.217 e. The Morgan fingerprint density at radius 2 is 1.52 bits per heavy atom. The molecule has 0 spiro atoms. The predicted octanol–water partition coefficient (Wildman–Crippen LogP) is -4.60. The Morgan fingerprint density at radius 3 is 2.04 bits per heavy atom. The van der Waals surface area contributed by atoms with Crippen molar-refractivity contribution in [3.63, 3.8) is 0 Å². The first-order valence-electron chi connectivity index (χ1n) is 8.45. The van der Waals surface area contributed by atoms with Gasteiger partial charge in [-0.3, -0.25) is 4.79 Å². The minimum absolute atomic E-state index is 0.551. The number of methoxy groups -OCH3 is 1. The van der Waals surface area contributed by atoms with E-state index in [1.165, 1.54) is 14.0 Å². The third kappa shape index (κ3) is 4.74. The van der Waals surface area contributed by atoms with Gasteiger partial charge in [0.2, 0.25) is 5.91 Å². The predicted molar refractivity (Wildman–Crippen MR) is 85.0 cm³/mol. The lowest BCUT2D eigenvalue weighted by Gasteiger charge is -2.46. The summed E-state index contributed by atoms with van der Waals surface area (Å²) < 4.78 is 21.2. The van der Waals surface area contributed by atoms with E-state index in [4.69, 9.17) is 18.9 Å². The van der Waals surface area contributed by atoms with Crippen LogP contribution in [0.1, 0.15) is 6.92 Å². The second-order valence-electron chi connectivity index (χ2n) is 6.48. The van der Waals surface area contributed by atoms with E-state index in [1.54, 1.807) is 0 Å². The van der Waals surface area contributed by atoms with Crippen molar-refractivity contribution >= 4 is 5.91 Å². The minimum atomic E-state index is -1.56. The monoisotopic (exact) mass is 397 g/mol. The molecule has 0 aromatic rings. The van der Waals surface area contributed by atoms with Crippen LogP contribution in [0.25, 0.3) is 0 Å². The van der Waals surface area contributed by atoms with Crippen molar-refractivity contribution in [2.75, 3.05) is 20.3 Å². The van der Waals surface area contributed by atoms with Gasteiger partial charge >= 0.3 is 0 Å². The summed E-state index contributed by atoms with van der Waals surface area (Å²) in [6.07, 6.45) is -12.4. The van der Waals surface area contributed by atoms with Crippen molar-refractivity contribution in [2.45, 2.75) is 68.3 Å². The number of carbonyl (C=O) groups excluding carboxylic acids is 1. The zero-order chi connectivity index (χ0) is 20.3. The third-order valence-electron chi connectivity index (χ3n) is 4.59. The lowest BCUT2D eigenvalue weighted by atomic mass is 9.95. The lowest BCUT2D eigenvalue weighted by molar-refractivity contribution is -0.344. The Morgan fingerprint density at radius 1 is 0.926 bits per heavy atom. The highest BCUT2D eigenvalue weighted by atomic mass is 16.7. The van der Waals surface area contributed by atoms with Crippen molar-refractivity contribution in [1.82, 2.24) is 5.32 Å². The minimum Gasteiger partial charge on any atom is -0.394 e. The average Bonchev–Trinajstić information content (AvgIpc) is 2.64. The Hall–Kier alpha value is -0.930. The van der Waals surface area contributed by atoms with E-state index in [-0.39, 0.29) is 0 Å². The summed E-state index contributed by atoms with van der Waals surface area (Å²) in [5.41, 5.74) is 0. The topological polar surface area (TPSA) is 187 Å². The first-order chi connectivity index (χ1) is 12.7. The molecule has 0 saturated carbocycles. The van der Waals surface area contributed by atoms with E-state index >= 15 is 0 Å². The lowest BCUT2D eigenvalue weighted by Crippen LogP contribution is -2.67. The number of nitrogens with one attached hydrogen (secondary N) is 1. The fraction of sp³-hybridized carbons (Fsp3) is 0.933.